The fourth-order valence-electron chi connectivity index (χ4n) is 2.96. The highest BCUT2D eigenvalue weighted by Gasteiger charge is 2.25. The number of hydrogen-bond acceptors (Lipinski definition) is 4. The van der Waals surface area contributed by atoms with Gasteiger partial charge in [-0.2, -0.15) is 5.10 Å². The minimum Gasteiger partial charge on any atom is -0.340 e. The first-order chi connectivity index (χ1) is 13.3. The van der Waals surface area contributed by atoms with Gasteiger partial charge in [0.2, 0.25) is 5.91 Å². The number of fused-ring (bicyclic) bond motifs is 1. The molecule has 0 radical (unpaired) electrons. The number of benzene rings is 1. The second-order valence-corrected chi connectivity index (χ2v) is 7.43. The van der Waals surface area contributed by atoms with Crippen LogP contribution in [0.3, 0.4) is 0 Å². The first-order valence-corrected chi connectivity index (χ1v) is 9.30. The van der Waals surface area contributed by atoms with E-state index in [0.29, 0.717) is 16.3 Å². The van der Waals surface area contributed by atoms with E-state index in [9.17, 15) is 9.59 Å². The number of halogens is 1. The van der Waals surface area contributed by atoms with Gasteiger partial charge in [-0.25, -0.2) is 4.98 Å². The summed E-state index contributed by atoms with van der Waals surface area (Å²) in [7, 11) is 1.82. The van der Waals surface area contributed by atoms with Gasteiger partial charge in [0.15, 0.2) is 5.65 Å². The molecule has 0 saturated heterocycles. The maximum Gasteiger partial charge on any atom is 0.251 e. The quantitative estimate of drug-likeness (QED) is 0.688. The third-order valence-electron chi connectivity index (χ3n) is 4.47. The molecular weight excluding hydrogens is 378 g/mol. The molecular formula is C20H22ClN5O2. The summed E-state index contributed by atoms with van der Waals surface area (Å²) in [6.07, 6.45) is 1.58. The van der Waals surface area contributed by atoms with Crippen LogP contribution in [-0.4, -0.2) is 32.6 Å². The zero-order valence-electron chi connectivity index (χ0n) is 16.2. The molecule has 2 N–H and O–H groups in total. The Balaban J connectivity index is 1.76. The summed E-state index contributed by atoms with van der Waals surface area (Å²) in [5, 5.41) is 11.4. The fourth-order valence-corrected chi connectivity index (χ4v) is 3.08. The van der Waals surface area contributed by atoms with Crippen molar-refractivity contribution in [3.05, 3.63) is 52.8 Å². The molecule has 2 heterocycles. The summed E-state index contributed by atoms with van der Waals surface area (Å²) in [6.45, 7) is 5.64. The van der Waals surface area contributed by atoms with Crippen molar-refractivity contribution in [2.45, 2.75) is 26.8 Å². The van der Waals surface area contributed by atoms with E-state index in [1.807, 2.05) is 33.9 Å². The van der Waals surface area contributed by atoms with Crippen molar-refractivity contribution in [3.63, 3.8) is 0 Å². The molecule has 0 aliphatic heterocycles. The summed E-state index contributed by atoms with van der Waals surface area (Å²) in [6, 6.07) is 7.65. The molecule has 0 saturated carbocycles. The molecule has 7 nitrogen and oxygen atoms in total. The van der Waals surface area contributed by atoms with Crippen LogP contribution in [-0.2, 0) is 11.8 Å². The molecule has 28 heavy (non-hydrogen) atoms. The second kappa shape index (κ2) is 7.98. The van der Waals surface area contributed by atoms with Crippen LogP contribution in [0, 0.1) is 12.8 Å². The standard InChI is InChI=1S/C20H22ClN5O2/c1-11(2)17(24-19(27)13-5-7-14(21)8-6-13)20(28)23-15-9-16-12(3)25-26(4)18(16)22-10-15/h5-11,17H,1-4H3,(H,23,28)(H,24,27). The van der Waals surface area contributed by atoms with Gasteiger partial charge in [0.25, 0.3) is 5.91 Å². The van der Waals surface area contributed by atoms with Gasteiger partial charge in [-0.3, -0.25) is 14.3 Å². The zero-order chi connectivity index (χ0) is 20.4. The number of rotatable bonds is 5. The van der Waals surface area contributed by atoms with Gasteiger partial charge in [0, 0.05) is 23.0 Å². The SMILES string of the molecule is Cc1nn(C)c2ncc(NC(=O)C(NC(=O)c3ccc(Cl)cc3)C(C)C)cc12. The third kappa shape index (κ3) is 4.14. The second-order valence-electron chi connectivity index (χ2n) is 7.00. The number of nitrogens with one attached hydrogen (secondary N) is 2. The van der Waals surface area contributed by atoms with E-state index >= 15 is 0 Å². The minimum atomic E-state index is -0.700. The largest absolute Gasteiger partial charge is 0.340 e. The number of amides is 2. The first kappa shape index (κ1) is 19.8. The number of anilines is 1. The minimum absolute atomic E-state index is 0.104. The highest BCUT2D eigenvalue weighted by Crippen LogP contribution is 2.20. The van der Waals surface area contributed by atoms with Crippen LogP contribution in [0.4, 0.5) is 5.69 Å². The van der Waals surface area contributed by atoms with Gasteiger partial charge < -0.3 is 10.6 Å². The molecule has 0 bridgehead atoms. The lowest BCUT2D eigenvalue weighted by atomic mass is 10.0. The lowest BCUT2D eigenvalue weighted by Gasteiger charge is -2.21. The highest BCUT2D eigenvalue weighted by atomic mass is 35.5. The number of aryl methyl sites for hydroxylation is 2. The molecule has 1 unspecified atom stereocenters. The molecule has 1 aromatic carbocycles. The van der Waals surface area contributed by atoms with Crippen LogP contribution in [0.1, 0.15) is 29.9 Å². The summed E-state index contributed by atoms with van der Waals surface area (Å²) in [5.41, 5.74) is 2.57. The number of carbonyl (C=O) groups is 2. The van der Waals surface area contributed by atoms with Crippen LogP contribution in [0.25, 0.3) is 11.0 Å². The summed E-state index contributed by atoms with van der Waals surface area (Å²) < 4.78 is 1.69. The maximum atomic E-state index is 12.8. The Kier molecular flexibility index (Phi) is 5.65. The van der Waals surface area contributed by atoms with Crippen LogP contribution in [0.5, 0.6) is 0 Å². The van der Waals surface area contributed by atoms with Gasteiger partial charge in [-0.05, 0) is 43.2 Å². The summed E-state index contributed by atoms with van der Waals surface area (Å²) in [5.74, 6) is -0.740. The van der Waals surface area contributed by atoms with E-state index in [0.717, 1.165) is 16.7 Å². The molecule has 1 atom stereocenters. The van der Waals surface area contributed by atoms with E-state index in [4.69, 9.17) is 11.6 Å². The fraction of sp³-hybridized carbons (Fsp3) is 0.300. The lowest BCUT2D eigenvalue weighted by Crippen LogP contribution is -2.47. The van der Waals surface area contributed by atoms with E-state index < -0.39 is 6.04 Å². The van der Waals surface area contributed by atoms with Gasteiger partial charge in [0.05, 0.1) is 17.6 Å². The molecule has 0 fully saturated rings. The topological polar surface area (TPSA) is 88.9 Å². The van der Waals surface area contributed by atoms with Crippen molar-refractivity contribution in [1.82, 2.24) is 20.1 Å². The van der Waals surface area contributed by atoms with Crippen molar-refractivity contribution < 1.29 is 9.59 Å². The molecule has 3 rings (SSSR count). The Labute approximate surface area is 168 Å². The van der Waals surface area contributed by atoms with Crippen molar-refractivity contribution in [3.8, 4) is 0 Å². The molecule has 146 valence electrons. The van der Waals surface area contributed by atoms with Gasteiger partial charge in [-0.15, -0.1) is 0 Å². The Hall–Kier alpha value is -2.93. The number of pyridine rings is 1. The zero-order valence-corrected chi connectivity index (χ0v) is 16.9. The van der Waals surface area contributed by atoms with Crippen LogP contribution >= 0.6 is 11.6 Å². The Morgan fingerprint density at radius 2 is 1.86 bits per heavy atom. The van der Waals surface area contributed by atoms with E-state index in [2.05, 4.69) is 20.7 Å². The summed E-state index contributed by atoms with van der Waals surface area (Å²) in [4.78, 5) is 29.7. The smallest absolute Gasteiger partial charge is 0.251 e. The van der Waals surface area contributed by atoms with Gasteiger partial charge in [-0.1, -0.05) is 25.4 Å². The Morgan fingerprint density at radius 1 is 1.18 bits per heavy atom. The van der Waals surface area contributed by atoms with Crippen LogP contribution < -0.4 is 10.6 Å². The molecule has 0 spiro atoms. The average molecular weight is 400 g/mol. The predicted octanol–water partition coefficient (Wildman–Crippen LogP) is 3.32. The molecule has 0 aliphatic carbocycles. The number of nitrogens with zero attached hydrogens (tertiary/aromatic N) is 3. The Bertz CT molecular complexity index is 1030. The average Bonchev–Trinajstić information content (AvgIpc) is 2.93. The normalized spacial score (nSPS) is 12.2. The van der Waals surface area contributed by atoms with Crippen molar-refractivity contribution in [2.24, 2.45) is 13.0 Å². The maximum absolute atomic E-state index is 12.8. The molecule has 8 heteroatoms. The van der Waals surface area contributed by atoms with E-state index in [1.54, 1.807) is 35.1 Å². The molecule has 3 aromatic rings. The summed E-state index contributed by atoms with van der Waals surface area (Å²) >= 11 is 5.86. The third-order valence-corrected chi connectivity index (χ3v) is 4.72. The van der Waals surface area contributed by atoms with Crippen LogP contribution in [0.15, 0.2) is 36.5 Å². The van der Waals surface area contributed by atoms with Gasteiger partial charge in [0.1, 0.15) is 6.04 Å². The Morgan fingerprint density at radius 3 is 2.50 bits per heavy atom. The van der Waals surface area contributed by atoms with Crippen molar-refractivity contribution in [1.29, 1.82) is 0 Å². The number of hydrogen-bond donors (Lipinski definition) is 2. The lowest BCUT2D eigenvalue weighted by molar-refractivity contribution is -0.118. The molecule has 0 aliphatic rings. The van der Waals surface area contributed by atoms with Gasteiger partial charge >= 0.3 is 0 Å². The number of aromatic nitrogens is 3. The number of carbonyl (C=O) groups excluding carboxylic acids is 2. The molecule has 2 aromatic heterocycles. The van der Waals surface area contributed by atoms with E-state index in [1.165, 1.54) is 0 Å². The molecule has 2 amide bonds. The van der Waals surface area contributed by atoms with Crippen LogP contribution in [0.2, 0.25) is 5.02 Å². The first-order valence-electron chi connectivity index (χ1n) is 8.93. The van der Waals surface area contributed by atoms with E-state index in [-0.39, 0.29) is 17.7 Å². The van der Waals surface area contributed by atoms with Crippen molar-refractivity contribution in [2.75, 3.05) is 5.32 Å². The predicted molar refractivity (Wildman–Crippen MR) is 109 cm³/mol. The van der Waals surface area contributed by atoms with Crippen molar-refractivity contribution >= 4 is 40.1 Å². The highest BCUT2D eigenvalue weighted by molar-refractivity contribution is 6.30. The monoisotopic (exact) mass is 399 g/mol.